The van der Waals surface area contributed by atoms with Crippen LogP contribution in [0.1, 0.15) is 6.42 Å². The molecule has 1 atom stereocenters. The van der Waals surface area contributed by atoms with Crippen molar-refractivity contribution in [1.29, 1.82) is 0 Å². The summed E-state index contributed by atoms with van der Waals surface area (Å²) in [6, 6.07) is 6.40. The van der Waals surface area contributed by atoms with E-state index in [9.17, 15) is 4.79 Å². The molecular weight excluding hydrogens is 274 g/mol. The van der Waals surface area contributed by atoms with Crippen molar-refractivity contribution in [3.63, 3.8) is 0 Å². The van der Waals surface area contributed by atoms with Gasteiger partial charge in [-0.1, -0.05) is 11.6 Å². The first-order chi connectivity index (χ1) is 8.59. The van der Waals surface area contributed by atoms with E-state index in [1.54, 1.807) is 12.1 Å². The molecule has 4 nitrogen and oxygen atoms in total. The fourth-order valence-electron chi connectivity index (χ4n) is 1.16. The highest BCUT2D eigenvalue weighted by Gasteiger charge is 2.10. The number of thioether (sulfide) groups is 1. The highest BCUT2D eigenvalue weighted by Crippen LogP contribution is 2.15. The zero-order chi connectivity index (χ0) is 13.4. The molecule has 0 aromatic heterocycles. The second-order valence-corrected chi connectivity index (χ2v) is 5.26. The minimum atomic E-state index is -0.958. The van der Waals surface area contributed by atoms with Crippen molar-refractivity contribution in [3.8, 4) is 5.75 Å². The highest BCUT2D eigenvalue weighted by molar-refractivity contribution is 7.99. The van der Waals surface area contributed by atoms with E-state index in [1.165, 1.54) is 11.8 Å². The first-order valence-electron chi connectivity index (χ1n) is 5.54. The number of benzene rings is 1. The van der Waals surface area contributed by atoms with Crippen molar-refractivity contribution in [3.05, 3.63) is 29.3 Å². The number of ether oxygens (including phenoxy) is 1. The lowest BCUT2D eigenvalue weighted by Crippen LogP contribution is -2.32. The van der Waals surface area contributed by atoms with Gasteiger partial charge in [-0.05, 0) is 36.4 Å². The van der Waals surface area contributed by atoms with Crippen LogP contribution in [0.5, 0.6) is 5.75 Å². The molecule has 3 N–H and O–H groups in total. The number of carboxylic acid groups (broad SMARTS) is 1. The summed E-state index contributed by atoms with van der Waals surface area (Å²) in [5, 5.41) is 9.26. The van der Waals surface area contributed by atoms with Gasteiger partial charge >= 0.3 is 5.97 Å². The van der Waals surface area contributed by atoms with E-state index in [4.69, 9.17) is 27.2 Å². The Morgan fingerprint density at radius 1 is 1.44 bits per heavy atom. The largest absolute Gasteiger partial charge is 0.494 e. The van der Waals surface area contributed by atoms with E-state index >= 15 is 0 Å². The molecule has 0 aliphatic rings. The van der Waals surface area contributed by atoms with Crippen molar-refractivity contribution in [2.24, 2.45) is 5.73 Å². The van der Waals surface area contributed by atoms with Crippen LogP contribution in [-0.2, 0) is 4.79 Å². The van der Waals surface area contributed by atoms with Gasteiger partial charge in [-0.15, -0.1) is 0 Å². The molecule has 18 heavy (non-hydrogen) atoms. The zero-order valence-electron chi connectivity index (χ0n) is 9.84. The first-order valence-corrected chi connectivity index (χ1v) is 7.07. The molecule has 0 heterocycles. The third-order valence-corrected chi connectivity index (χ3v) is 3.55. The summed E-state index contributed by atoms with van der Waals surface area (Å²) in [7, 11) is 0. The van der Waals surface area contributed by atoms with Gasteiger partial charge in [0.25, 0.3) is 0 Å². The van der Waals surface area contributed by atoms with Crippen molar-refractivity contribution >= 4 is 29.3 Å². The van der Waals surface area contributed by atoms with E-state index < -0.39 is 12.0 Å². The standard InChI is InChI=1S/C12H16ClNO3S/c13-9-2-4-10(5-3-9)17-6-1-7-18-8-11(14)12(15)16/h2-5,11H,1,6-8,14H2,(H,15,16). The van der Waals surface area contributed by atoms with Crippen LogP contribution in [0.15, 0.2) is 24.3 Å². The van der Waals surface area contributed by atoms with Crippen molar-refractivity contribution < 1.29 is 14.6 Å². The predicted molar refractivity (Wildman–Crippen MR) is 74.5 cm³/mol. The summed E-state index contributed by atoms with van der Waals surface area (Å²) >= 11 is 7.27. The Hall–Kier alpha value is -0.910. The average Bonchev–Trinajstić information content (AvgIpc) is 2.35. The minimum absolute atomic E-state index is 0.427. The van der Waals surface area contributed by atoms with Crippen LogP contribution in [0.3, 0.4) is 0 Å². The Kier molecular flexibility index (Phi) is 6.93. The Balaban J connectivity index is 2.05. The number of hydrogen-bond acceptors (Lipinski definition) is 4. The monoisotopic (exact) mass is 289 g/mol. The number of rotatable bonds is 8. The van der Waals surface area contributed by atoms with E-state index in [0.29, 0.717) is 17.4 Å². The fraction of sp³-hybridized carbons (Fsp3) is 0.417. The lowest BCUT2D eigenvalue weighted by atomic mass is 10.3. The molecule has 0 spiro atoms. The van der Waals surface area contributed by atoms with Crippen LogP contribution >= 0.6 is 23.4 Å². The molecular formula is C12H16ClNO3S. The van der Waals surface area contributed by atoms with Gasteiger partial charge in [0.15, 0.2) is 0 Å². The van der Waals surface area contributed by atoms with Crippen LogP contribution in [0, 0.1) is 0 Å². The summed E-state index contributed by atoms with van der Waals surface area (Å²) in [5.41, 5.74) is 5.37. The average molecular weight is 290 g/mol. The smallest absolute Gasteiger partial charge is 0.321 e. The maximum Gasteiger partial charge on any atom is 0.321 e. The van der Waals surface area contributed by atoms with E-state index in [-0.39, 0.29) is 0 Å². The molecule has 1 unspecified atom stereocenters. The fourth-order valence-corrected chi connectivity index (χ4v) is 2.17. The van der Waals surface area contributed by atoms with Crippen molar-refractivity contribution in [2.75, 3.05) is 18.1 Å². The van der Waals surface area contributed by atoms with Gasteiger partial charge in [0.1, 0.15) is 11.8 Å². The van der Waals surface area contributed by atoms with Crippen LogP contribution in [-0.4, -0.2) is 35.2 Å². The number of hydrogen-bond donors (Lipinski definition) is 2. The van der Waals surface area contributed by atoms with Crippen LogP contribution in [0.2, 0.25) is 5.02 Å². The van der Waals surface area contributed by atoms with Gasteiger partial charge in [-0.3, -0.25) is 4.79 Å². The first kappa shape index (κ1) is 15.1. The Morgan fingerprint density at radius 2 is 2.11 bits per heavy atom. The SMILES string of the molecule is NC(CSCCCOc1ccc(Cl)cc1)C(=O)O. The van der Waals surface area contributed by atoms with E-state index in [0.717, 1.165) is 17.9 Å². The maximum absolute atomic E-state index is 10.5. The van der Waals surface area contributed by atoms with Crippen LogP contribution < -0.4 is 10.5 Å². The topological polar surface area (TPSA) is 72.5 Å². The maximum atomic E-state index is 10.5. The molecule has 0 saturated carbocycles. The molecule has 1 rings (SSSR count). The molecule has 0 aliphatic heterocycles. The summed E-state index contributed by atoms with van der Waals surface area (Å²) in [5.74, 6) is 1.08. The predicted octanol–water partition coefficient (Wildman–Crippen LogP) is 2.25. The summed E-state index contributed by atoms with van der Waals surface area (Å²) < 4.78 is 5.50. The van der Waals surface area contributed by atoms with Gasteiger partial charge in [0.2, 0.25) is 0 Å². The molecule has 6 heteroatoms. The summed E-state index contributed by atoms with van der Waals surface area (Å²) in [6.45, 7) is 0.594. The molecule has 0 radical (unpaired) electrons. The molecule has 1 aromatic carbocycles. The number of nitrogens with two attached hydrogens (primary N) is 1. The van der Waals surface area contributed by atoms with Crippen molar-refractivity contribution in [1.82, 2.24) is 0 Å². The van der Waals surface area contributed by atoms with E-state index in [2.05, 4.69) is 0 Å². The summed E-state index contributed by atoms with van der Waals surface area (Å²) in [4.78, 5) is 10.5. The Labute approximate surface area is 115 Å². The number of aliphatic carboxylic acids is 1. The lowest BCUT2D eigenvalue weighted by molar-refractivity contribution is -0.137. The van der Waals surface area contributed by atoms with Gasteiger partial charge in [0, 0.05) is 10.8 Å². The molecule has 0 bridgehead atoms. The molecule has 1 aromatic rings. The molecule has 0 aliphatic carbocycles. The number of halogens is 1. The van der Waals surface area contributed by atoms with E-state index in [1.807, 2.05) is 12.1 Å². The number of carbonyl (C=O) groups is 1. The second kappa shape index (κ2) is 8.24. The quantitative estimate of drug-likeness (QED) is 0.718. The highest BCUT2D eigenvalue weighted by atomic mass is 35.5. The Bertz CT molecular complexity index is 372. The molecule has 0 fully saturated rings. The molecule has 0 saturated heterocycles. The number of carboxylic acids is 1. The van der Waals surface area contributed by atoms with Gasteiger partial charge in [-0.25, -0.2) is 0 Å². The van der Waals surface area contributed by atoms with Gasteiger partial charge in [0.05, 0.1) is 6.61 Å². The second-order valence-electron chi connectivity index (χ2n) is 3.68. The summed E-state index contributed by atoms with van der Waals surface area (Å²) in [6.07, 6.45) is 0.847. The van der Waals surface area contributed by atoms with Gasteiger partial charge in [-0.2, -0.15) is 11.8 Å². The minimum Gasteiger partial charge on any atom is -0.494 e. The van der Waals surface area contributed by atoms with Gasteiger partial charge < -0.3 is 15.6 Å². The van der Waals surface area contributed by atoms with Crippen LogP contribution in [0.4, 0.5) is 0 Å². The third-order valence-electron chi connectivity index (χ3n) is 2.13. The lowest BCUT2D eigenvalue weighted by Gasteiger charge is -2.07. The van der Waals surface area contributed by atoms with Crippen molar-refractivity contribution in [2.45, 2.75) is 12.5 Å². The normalized spacial score (nSPS) is 12.1. The van der Waals surface area contributed by atoms with Crippen LogP contribution in [0.25, 0.3) is 0 Å². The zero-order valence-corrected chi connectivity index (χ0v) is 11.4. The molecule has 100 valence electrons. The Morgan fingerprint density at radius 3 is 2.72 bits per heavy atom. The third kappa shape index (κ3) is 6.14. The molecule has 0 amide bonds.